The van der Waals surface area contributed by atoms with Crippen LogP contribution in [0.4, 0.5) is 0 Å². The number of aliphatic hydroxyl groups excluding tert-OH is 2. The Kier molecular flexibility index (Phi) is 6.56. The second-order valence-electron chi connectivity index (χ2n) is 7.02. The number of fused-ring (bicyclic) bond motifs is 2. The minimum Gasteiger partial charge on any atom is -0.490 e. The predicted octanol–water partition coefficient (Wildman–Crippen LogP) is 3.99. The fraction of sp³-hybridized carbons (Fsp3) is 0.348. The van der Waals surface area contributed by atoms with Crippen molar-refractivity contribution in [3.05, 3.63) is 48.0 Å². The lowest BCUT2D eigenvalue weighted by atomic mass is 9.98. The molecule has 2 unspecified atom stereocenters. The summed E-state index contributed by atoms with van der Waals surface area (Å²) in [4.78, 5) is 11.5. The Labute approximate surface area is 169 Å². The van der Waals surface area contributed by atoms with Crippen molar-refractivity contribution in [1.29, 1.82) is 0 Å². The van der Waals surface area contributed by atoms with Crippen molar-refractivity contribution < 1.29 is 29.6 Å². The molecular weight excluding hydrogens is 372 g/mol. The van der Waals surface area contributed by atoms with Crippen molar-refractivity contribution in [2.24, 2.45) is 0 Å². The topological polar surface area (TPSA) is 96.2 Å². The van der Waals surface area contributed by atoms with E-state index in [0.717, 1.165) is 10.8 Å². The monoisotopic (exact) mass is 398 g/mol. The maximum absolute atomic E-state index is 11.5. The molecular formula is C23H26O6. The Hall–Kier alpha value is -2.83. The van der Waals surface area contributed by atoms with Crippen LogP contribution in [0, 0.1) is 0 Å². The molecule has 3 N–H and O–H groups in total. The maximum atomic E-state index is 11.5. The van der Waals surface area contributed by atoms with Crippen LogP contribution in [0.25, 0.3) is 21.5 Å². The molecule has 0 saturated heterocycles. The number of hydrogen-bond acceptors (Lipinski definition) is 5. The van der Waals surface area contributed by atoms with Crippen molar-refractivity contribution in [2.45, 2.75) is 38.9 Å². The average molecular weight is 398 g/mol. The van der Waals surface area contributed by atoms with Crippen LogP contribution in [0.2, 0.25) is 0 Å². The molecule has 6 heteroatoms. The molecule has 0 aliphatic heterocycles. The molecule has 0 aliphatic carbocycles. The maximum Gasteiger partial charge on any atom is 0.335 e. The summed E-state index contributed by atoms with van der Waals surface area (Å²) >= 11 is 0. The summed E-state index contributed by atoms with van der Waals surface area (Å²) in [6.45, 7) is 3.97. The number of rotatable bonds is 9. The van der Waals surface area contributed by atoms with Crippen LogP contribution in [0.1, 0.15) is 37.0 Å². The zero-order chi connectivity index (χ0) is 21.0. The fourth-order valence-corrected chi connectivity index (χ4v) is 3.14. The number of carboxylic acids is 1. The van der Waals surface area contributed by atoms with Gasteiger partial charge in [-0.2, -0.15) is 0 Å². The van der Waals surface area contributed by atoms with Crippen LogP contribution in [0.5, 0.6) is 11.5 Å². The summed E-state index contributed by atoms with van der Waals surface area (Å²) in [6, 6.07) is 12.3. The highest BCUT2D eigenvalue weighted by molar-refractivity contribution is 6.12. The van der Waals surface area contributed by atoms with E-state index in [1.54, 1.807) is 12.1 Å². The van der Waals surface area contributed by atoms with Gasteiger partial charge >= 0.3 is 5.97 Å². The highest BCUT2D eigenvalue weighted by Crippen LogP contribution is 2.43. The van der Waals surface area contributed by atoms with Crippen LogP contribution in [0.3, 0.4) is 0 Å². The molecule has 3 rings (SSSR count). The Morgan fingerprint density at radius 3 is 1.79 bits per heavy atom. The largest absolute Gasteiger partial charge is 0.490 e. The Morgan fingerprint density at radius 2 is 1.31 bits per heavy atom. The number of hydrogen-bond donors (Lipinski definition) is 3. The number of carbonyl (C=O) groups is 1. The Balaban J connectivity index is 2.25. The molecule has 0 saturated carbocycles. The van der Waals surface area contributed by atoms with E-state index in [1.165, 1.54) is 6.07 Å². The van der Waals surface area contributed by atoms with Crippen LogP contribution in [-0.2, 0) is 0 Å². The lowest BCUT2D eigenvalue weighted by Gasteiger charge is -2.20. The molecule has 2 atom stereocenters. The van der Waals surface area contributed by atoms with Gasteiger partial charge in [0.1, 0.15) is 24.7 Å². The van der Waals surface area contributed by atoms with Gasteiger partial charge in [0.05, 0.1) is 17.8 Å². The van der Waals surface area contributed by atoms with Gasteiger partial charge in [-0.05, 0) is 31.0 Å². The smallest absolute Gasteiger partial charge is 0.335 e. The lowest BCUT2D eigenvalue weighted by Crippen LogP contribution is -2.17. The van der Waals surface area contributed by atoms with E-state index in [-0.39, 0.29) is 18.8 Å². The number of carboxylic acid groups (broad SMARTS) is 1. The van der Waals surface area contributed by atoms with Gasteiger partial charge in [0.2, 0.25) is 0 Å². The van der Waals surface area contributed by atoms with E-state index in [1.807, 2.05) is 38.1 Å². The van der Waals surface area contributed by atoms with E-state index in [9.17, 15) is 20.1 Å². The first kappa shape index (κ1) is 20.9. The number of aliphatic hydroxyl groups is 2. The molecule has 0 radical (unpaired) electrons. The number of benzene rings is 3. The van der Waals surface area contributed by atoms with Crippen LogP contribution in [-0.4, -0.2) is 46.7 Å². The minimum atomic E-state index is -1.04. The normalized spacial score (nSPS) is 13.4. The van der Waals surface area contributed by atoms with E-state index in [4.69, 9.17) is 9.47 Å². The number of aromatic carboxylic acids is 1. The van der Waals surface area contributed by atoms with Crippen molar-refractivity contribution in [3.8, 4) is 11.5 Å². The molecule has 6 nitrogen and oxygen atoms in total. The summed E-state index contributed by atoms with van der Waals surface area (Å²) in [5, 5.41) is 32.2. The van der Waals surface area contributed by atoms with Gasteiger partial charge in [-0.1, -0.05) is 38.1 Å². The minimum absolute atomic E-state index is 0.0989. The van der Waals surface area contributed by atoms with Crippen molar-refractivity contribution in [1.82, 2.24) is 0 Å². The summed E-state index contributed by atoms with van der Waals surface area (Å²) in [7, 11) is 0. The molecule has 0 bridgehead atoms. The van der Waals surface area contributed by atoms with Gasteiger partial charge in [-0.3, -0.25) is 0 Å². The van der Waals surface area contributed by atoms with E-state index < -0.39 is 18.2 Å². The zero-order valence-electron chi connectivity index (χ0n) is 16.6. The lowest BCUT2D eigenvalue weighted by molar-refractivity contribution is 0.0697. The summed E-state index contributed by atoms with van der Waals surface area (Å²) in [5.74, 6) is 0.0430. The molecule has 0 spiro atoms. The van der Waals surface area contributed by atoms with Crippen LogP contribution >= 0.6 is 0 Å². The average Bonchev–Trinajstić information content (AvgIpc) is 2.74. The zero-order valence-corrected chi connectivity index (χ0v) is 16.6. The third kappa shape index (κ3) is 4.44. The fourth-order valence-electron chi connectivity index (χ4n) is 3.14. The third-order valence-corrected chi connectivity index (χ3v) is 4.95. The van der Waals surface area contributed by atoms with Crippen LogP contribution in [0.15, 0.2) is 42.5 Å². The molecule has 154 valence electrons. The molecule has 0 aliphatic rings. The van der Waals surface area contributed by atoms with E-state index in [0.29, 0.717) is 35.1 Å². The molecule has 0 heterocycles. The second kappa shape index (κ2) is 9.11. The SMILES string of the molecule is CCC(O)COc1c2ccccc2c(OCC(O)CC)c2cc(C(=O)O)ccc12. The van der Waals surface area contributed by atoms with Gasteiger partial charge in [-0.25, -0.2) is 4.79 Å². The molecule has 0 amide bonds. The van der Waals surface area contributed by atoms with Gasteiger partial charge < -0.3 is 24.8 Å². The highest BCUT2D eigenvalue weighted by atomic mass is 16.5. The molecule has 0 fully saturated rings. The molecule has 3 aromatic carbocycles. The summed E-state index contributed by atoms with van der Waals surface area (Å²) in [5.41, 5.74) is 0.133. The molecule has 3 aromatic rings. The van der Waals surface area contributed by atoms with Gasteiger partial charge in [0.25, 0.3) is 0 Å². The third-order valence-electron chi connectivity index (χ3n) is 4.95. The number of ether oxygens (including phenoxy) is 2. The first-order valence-corrected chi connectivity index (χ1v) is 9.79. The van der Waals surface area contributed by atoms with Crippen molar-refractivity contribution in [3.63, 3.8) is 0 Å². The van der Waals surface area contributed by atoms with Gasteiger partial charge in [0.15, 0.2) is 0 Å². The van der Waals surface area contributed by atoms with Crippen molar-refractivity contribution >= 4 is 27.5 Å². The van der Waals surface area contributed by atoms with Gasteiger partial charge in [-0.15, -0.1) is 0 Å². The van der Waals surface area contributed by atoms with Gasteiger partial charge in [0, 0.05) is 21.5 Å². The Bertz CT molecular complexity index is 1010. The predicted molar refractivity (Wildman–Crippen MR) is 112 cm³/mol. The highest BCUT2D eigenvalue weighted by Gasteiger charge is 2.19. The van der Waals surface area contributed by atoms with E-state index in [2.05, 4.69) is 0 Å². The Morgan fingerprint density at radius 1 is 0.828 bits per heavy atom. The molecule has 29 heavy (non-hydrogen) atoms. The summed E-state index contributed by atoms with van der Waals surface area (Å²) in [6.07, 6.45) is -0.110. The molecule has 0 aromatic heterocycles. The first-order valence-electron chi connectivity index (χ1n) is 9.79. The second-order valence-corrected chi connectivity index (χ2v) is 7.02. The van der Waals surface area contributed by atoms with Crippen molar-refractivity contribution in [2.75, 3.05) is 13.2 Å². The quantitative estimate of drug-likeness (QED) is 0.472. The first-order chi connectivity index (χ1) is 14.0. The van der Waals surface area contributed by atoms with E-state index >= 15 is 0 Å². The van der Waals surface area contributed by atoms with Crippen LogP contribution < -0.4 is 9.47 Å². The summed E-state index contributed by atoms with van der Waals surface area (Å²) < 4.78 is 12.0. The standard InChI is InChI=1S/C23H26O6/c1-3-15(24)12-28-21-17-7-5-6-8-18(17)22(29-13-16(25)4-2)20-11-14(23(26)27)9-10-19(20)21/h5-11,15-16,24-25H,3-4,12-13H2,1-2H3,(H,26,27).